The Kier molecular flexibility index (Phi) is 3.63. The summed E-state index contributed by atoms with van der Waals surface area (Å²) in [5.74, 6) is -1.28. The van der Waals surface area contributed by atoms with E-state index in [9.17, 15) is 14.7 Å². The first-order valence-corrected chi connectivity index (χ1v) is 7.33. The van der Waals surface area contributed by atoms with Crippen LogP contribution < -0.4 is 5.73 Å². The van der Waals surface area contributed by atoms with Crippen molar-refractivity contribution in [3.8, 4) is 0 Å². The van der Waals surface area contributed by atoms with Crippen LogP contribution in [0.15, 0.2) is 12.3 Å². The average molecular weight is 289 g/mol. The van der Waals surface area contributed by atoms with Crippen LogP contribution in [-0.2, 0) is 17.6 Å². The van der Waals surface area contributed by atoms with Gasteiger partial charge in [-0.1, -0.05) is 0 Å². The predicted octanol–water partition coefficient (Wildman–Crippen LogP) is 0.587. The Bertz CT molecular complexity index is 588. The number of carboxylic acid groups (broad SMARTS) is 1. The number of aromatic nitrogens is 1. The van der Waals surface area contributed by atoms with E-state index < -0.39 is 12.0 Å². The van der Waals surface area contributed by atoms with Crippen LogP contribution >= 0.6 is 0 Å². The van der Waals surface area contributed by atoms with Crippen molar-refractivity contribution < 1.29 is 14.7 Å². The summed E-state index contributed by atoms with van der Waals surface area (Å²) in [7, 11) is 0. The smallest absolute Gasteiger partial charge is 0.326 e. The average Bonchev–Trinajstić information content (AvgIpc) is 2.88. The van der Waals surface area contributed by atoms with E-state index in [-0.39, 0.29) is 18.5 Å². The van der Waals surface area contributed by atoms with Crippen molar-refractivity contribution in [1.82, 2.24) is 9.88 Å². The Labute approximate surface area is 123 Å². The molecule has 0 bridgehead atoms. The van der Waals surface area contributed by atoms with Crippen molar-refractivity contribution in [3.63, 3.8) is 0 Å². The van der Waals surface area contributed by atoms with E-state index in [0.717, 1.165) is 36.9 Å². The molecule has 2 heterocycles. The minimum Gasteiger partial charge on any atom is -0.480 e. The fourth-order valence-corrected chi connectivity index (χ4v) is 3.20. The van der Waals surface area contributed by atoms with Crippen LogP contribution in [0.4, 0.5) is 0 Å². The standard InChI is InChI=1S/C15H19N3O3/c16-11-6-13(15(20)21)18(8-11)14(19)10-5-9-3-1-2-4-12(9)17-7-10/h5,7,11,13H,1-4,6,8,16H2,(H,20,21)/t11-,13-/m0/s1. The van der Waals surface area contributed by atoms with Gasteiger partial charge in [0, 0.05) is 24.5 Å². The van der Waals surface area contributed by atoms with E-state index in [2.05, 4.69) is 4.98 Å². The minimum absolute atomic E-state index is 0.277. The highest BCUT2D eigenvalue weighted by atomic mass is 16.4. The maximum Gasteiger partial charge on any atom is 0.326 e. The molecule has 2 atom stereocenters. The molecule has 6 heteroatoms. The van der Waals surface area contributed by atoms with Gasteiger partial charge in [0.05, 0.1) is 5.56 Å². The molecule has 1 aromatic heterocycles. The molecule has 0 saturated carbocycles. The molecule has 0 spiro atoms. The van der Waals surface area contributed by atoms with Crippen molar-refractivity contribution in [2.45, 2.75) is 44.2 Å². The van der Waals surface area contributed by atoms with Gasteiger partial charge in [0.2, 0.25) is 0 Å². The second kappa shape index (κ2) is 5.44. The number of fused-ring (bicyclic) bond motifs is 1. The van der Waals surface area contributed by atoms with Crippen LogP contribution in [0, 0.1) is 0 Å². The number of nitrogens with two attached hydrogens (primary N) is 1. The summed E-state index contributed by atoms with van der Waals surface area (Å²) in [6.07, 6.45) is 6.00. The number of hydrogen-bond acceptors (Lipinski definition) is 4. The molecular formula is C15H19N3O3. The number of nitrogens with zero attached hydrogens (tertiary/aromatic N) is 2. The molecule has 3 N–H and O–H groups in total. The molecule has 1 aliphatic carbocycles. The number of pyridine rings is 1. The summed E-state index contributed by atoms with van der Waals surface area (Å²) in [4.78, 5) is 29.6. The Morgan fingerprint density at radius 1 is 1.33 bits per heavy atom. The largest absolute Gasteiger partial charge is 0.480 e. The molecule has 21 heavy (non-hydrogen) atoms. The Morgan fingerprint density at radius 3 is 2.86 bits per heavy atom. The molecule has 1 aromatic rings. The van der Waals surface area contributed by atoms with Crippen LogP contribution in [0.25, 0.3) is 0 Å². The quantitative estimate of drug-likeness (QED) is 0.830. The number of carbonyl (C=O) groups excluding carboxylic acids is 1. The number of carboxylic acids is 1. The van der Waals surface area contributed by atoms with E-state index >= 15 is 0 Å². The van der Waals surface area contributed by atoms with Crippen molar-refractivity contribution in [2.75, 3.05) is 6.54 Å². The summed E-state index contributed by atoms with van der Waals surface area (Å²) in [6, 6.07) is 0.760. The third-order valence-corrected chi connectivity index (χ3v) is 4.30. The van der Waals surface area contributed by atoms with Gasteiger partial charge in [0.15, 0.2) is 0 Å². The molecule has 1 saturated heterocycles. The molecule has 0 aromatic carbocycles. The number of amides is 1. The molecule has 1 aliphatic heterocycles. The second-order valence-electron chi connectivity index (χ2n) is 5.84. The minimum atomic E-state index is -0.998. The fourth-order valence-electron chi connectivity index (χ4n) is 3.20. The van der Waals surface area contributed by atoms with Gasteiger partial charge in [-0.3, -0.25) is 9.78 Å². The summed E-state index contributed by atoms with van der Waals surface area (Å²) in [5.41, 5.74) is 8.45. The molecule has 112 valence electrons. The van der Waals surface area contributed by atoms with E-state index in [0.29, 0.717) is 12.0 Å². The zero-order valence-electron chi connectivity index (χ0n) is 11.8. The van der Waals surface area contributed by atoms with E-state index in [1.54, 1.807) is 6.20 Å². The molecule has 3 rings (SSSR count). The molecule has 2 aliphatic rings. The Hall–Kier alpha value is -1.95. The molecular weight excluding hydrogens is 270 g/mol. The highest BCUT2D eigenvalue weighted by Gasteiger charge is 2.38. The lowest BCUT2D eigenvalue weighted by molar-refractivity contribution is -0.141. The number of rotatable bonds is 2. The Balaban J connectivity index is 1.86. The van der Waals surface area contributed by atoms with Gasteiger partial charge < -0.3 is 15.7 Å². The maximum atomic E-state index is 12.6. The lowest BCUT2D eigenvalue weighted by Gasteiger charge is -2.22. The lowest BCUT2D eigenvalue weighted by Crippen LogP contribution is -2.40. The SMILES string of the molecule is N[C@H]1C[C@@H](C(=O)O)N(C(=O)c2cnc3c(c2)CCCC3)C1. The van der Waals surface area contributed by atoms with Crippen molar-refractivity contribution in [3.05, 3.63) is 29.1 Å². The number of likely N-dealkylation sites (tertiary alicyclic amines) is 1. The first-order valence-electron chi connectivity index (χ1n) is 7.33. The fraction of sp³-hybridized carbons (Fsp3) is 0.533. The zero-order chi connectivity index (χ0) is 15.0. The van der Waals surface area contributed by atoms with Gasteiger partial charge in [-0.15, -0.1) is 0 Å². The van der Waals surface area contributed by atoms with E-state index in [1.165, 1.54) is 4.90 Å². The normalized spacial score (nSPS) is 24.7. The number of aliphatic carboxylic acids is 1. The van der Waals surface area contributed by atoms with Gasteiger partial charge in [0.1, 0.15) is 6.04 Å². The van der Waals surface area contributed by atoms with Crippen LogP contribution in [0.2, 0.25) is 0 Å². The maximum absolute atomic E-state index is 12.6. The molecule has 1 amide bonds. The highest BCUT2D eigenvalue weighted by molar-refractivity contribution is 5.97. The van der Waals surface area contributed by atoms with Crippen LogP contribution in [0.3, 0.4) is 0 Å². The topological polar surface area (TPSA) is 96.5 Å². The summed E-state index contributed by atoms with van der Waals surface area (Å²) in [5, 5.41) is 9.22. The van der Waals surface area contributed by atoms with Gasteiger partial charge >= 0.3 is 5.97 Å². The van der Waals surface area contributed by atoms with Gasteiger partial charge in [-0.2, -0.15) is 0 Å². The first kappa shape index (κ1) is 14.0. The summed E-state index contributed by atoms with van der Waals surface area (Å²) >= 11 is 0. The molecule has 1 fully saturated rings. The molecule has 6 nitrogen and oxygen atoms in total. The van der Waals surface area contributed by atoms with Gasteiger partial charge in [0.25, 0.3) is 5.91 Å². The summed E-state index contributed by atoms with van der Waals surface area (Å²) in [6.45, 7) is 0.285. The zero-order valence-corrected chi connectivity index (χ0v) is 11.8. The predicted molar refractivity (Wildman–Crippen MR) is 75.9 cm³/mol. The van der Waals surface area contributed by atoms with E-state index in [4.69, 9.17) is 5.73 Å². The third kappa shape index (κ3) is 2.63. The van der Waals surface area contributed by atoms with Crippen molar-refractivity contribution >= 4 is 11.9 Å². The van der Waals surface area contributed by atoms with Crippen molar-refractivity contribution in [1.29, 1.82) is 0 Å². The van der Waals surface area contributed by atoms with Crippen LogP contribution in [0.1, 0.15) is 40.9 Å². The Morgan fingerprint density at radius 2 is 2.10 bits per heavy atom. The van der Waals surface area contributed by atoms with Crippen molar-refractivity contribution in [2.24, 2.45) is 5.73 Å². The first-order chi connectivity index (χ1) is 10.1. The van der Waals surface area contributed by atoms with E-state index in [1.807, 2.05) is 6.07 Å². The third-order valence-electron chi connectivity index (χ3n) is 4.30. The van der Waals surface area contributed by atoms with Gasteiger partial charge in [-0.25, -0.2) is 4.79 Å². The van der Waals surface area contributed by atoms with Crippen LogP contribution in [-0.4, -0.2) is 45.5 Å². The lowest BCUT2D eigenvalue weighted by atomic mass is 9.95. The molecule has 0 unspecified atom stereocenters. The number of aryl methyl sites for hydroxylation is 2. The highest BCUT2D eigenvalue weighted by Crippen LogP contribution is 2.23. The molecule has 0 radical (unpaired) electrons. The monoisotopic (exact) mass is 289 g/mol. The summed E-state index contributed by atoms with van der Waals surface area (Å²) < 4.78 is 0. The number of carbonyl (C=O) groups is 2. The second-order valence-corrected chi connectivity index (χ2v) is 5.84. The number of hydrogen-bond donors (Lipinski definition) is 2. The van der Waals surface area contributed by atoms with Gasteiger partial charge in [-0.05, 0) is 43.7 Å². The van der Waals surface area contributed by atoms with Crippen LogP contribution in [0.5, 0.6) is 0 Å².